The Hall–Kier alpha value is -2.95. The average Bonchev–Trinajstić information content (AvgIpc) is 3.17. The number of hydrogen-bond acceptors (Lipinski definition) is 6. The van der Waals surface area contributed by atoms with Crippen LogP contribution in [-0.4, -0.2) is 60.9 Å². The first kappa shape index (κ1) is 24.2. The van der Waals surface area contributed by atoms with Gasteiger partial charge >= 0.3 is 5.76 Å². The van der Waals surface area contributed by atoms with E-state index in [0.717, 1.165) is 25.1 Å². The molecule has 9 nitrogen and oxygen atoms in total. The normalized spacial score (nSPS) is 16.1. The van der Waals surface area contributed by atoms with E-state index in [2.05, 4.69) is 23.5 Å². The van der Waals surface area contributed by atoms with Gasteiger partial charge in [-0.2, -0.15) is 0 Å². The molecule has 1 N–H and O–H groups in total. The van der Waals surface area contributed by atoms with Crippen LogP contribution in [0.4, 0.5) is 0 Å². The molecule has 0 aliphatic carbocycles. The molecule has 1 amide bonds. The lowest BCUT2D eigenvalue weighted by atomic mass is 10.2. The minimum absolute atomic E-state index is 0.00989. The molecule has 1 unspecified atom stereocenters. The van der Waals surface area contributed by atoms with Crippen LogP contribution < -0.4 is 10.5 Å². The number of amides is 1. The third-order valence-corrected chi connectivity index (χ3v) is 7.83. The lowest BCUT2D eigenvalue weighted by Crippen LogP contribution is -2.52. The Labute approximate surface area is 199 Å². The van der Waals surface area contributed by atoms with Crippen molar-refractivity contribution in [2.75, 3.05) is 26.2 Å². The van der Waals surface area contributed by atoms with Gasteiger partial charge in [-0.15, -0.1) is 0 Å². The molecular formula is C24H30N4O5S. The fourth-order valence-electron chi connectivity index (χ4n) is 4.13. The molecular weight excluding hydrogens is 456 g/mol. The van der Waals surface area contributed by atoms with Crippen LogP contribution >= 0.6 is 0 Å². The molecule has 1 atom stereocenters. The SMILES string of the molecule is CCC(C)N1CCN(C(=O)Cn2c(=O)oc3cc(S(=O)(=O)NCc4ccccc4)ccc32)CC1. The number of carbonyl (C=O) groups is 1. The number of benzene rings is 2. The summed E-state index contributed by atoms with van der Waals surface area (Å²) >= 11 is 0. The lowest BCUT2D eigenvalue weighted by Gasteiger charge is -2.37. The third-order valence-electron chi connectivity index (χ3n) is 6.43. The van der Waals surface area contributed by atoms with Crippen molar-refractivity contribution in [2.24, 2.45) is 0 Å². The molecule has 2 aromatic carbocycles. The zero-order chi connectivity index (χ0) is 24.3. The molecule has 34 heavy (non-hydrogen) atoms. The number of carbonyl (C=O) groups excluding carboxylic acids is 1. The van der Waals surface area contributed by atoms with E-state index in [1.54, 1.807) is 4.90 Å². The summed E-state index contributed by atoms with van der Waals surface area (Å²) in [7, 11) is -3.81. The van der Waals surface area contributed by atoms with Crippen LogP contribution in [0.15, 0.2) is 62.6 Å². The minimum atomic E-state index is -3.81. The molecule has 3 aromatic rings. The number of hydrogen-bond donors (Lipinski definition) is 1. The fraction of sp³-hybridized carbons (Fsp3) is 0.417. The van der Waals surface area contributed by atoms with E-state index in [1.807, 2.05) is 30.3 Å². The second-order valence-electron chi connectivity index (χ2n) is 8.57. The second-order valence-corrected chi connectivity index (χ2v) is 10.3. The van der Waals surface area contributed by atoms with Gasteiger partial charge in [0.25, 0.3) is 0 Å². The number of rotatable bonds is 8. The number of sulfonamides is 1. The Morgan fingerprint density at radius 3 is 2.47 bits per heavy atom. The molecule has 1 aliphatic heterocycles. The van der Waals surface area contributed by atoms with Crippen LogP contribution in [0.1, 0.15) is 25.8 Å². The van der Waals surface area contributed by atoms with E-state index in [0.29, 0.717) is 24.6 Å². The molecule has 1 fully saturated rings. The second kappa shape index (κ2) is 10.1. The summed E-state index contributed by atoms with van der Waals surface area (Å²) in [6.45, 7) is 7.16. The monoisotopic (exact) mass is 486 g/mol. The number of aromatic nitrogens is 1. The summed E-state index contributed by atoms with van der Waals surface area (Å²) in [5.74, 6) is -0.844. The third kappa shape index (κ3) is 5.24. The molecule has 2 heterocycles. The Balaban J connectivity index is 1.46. The van der Waals surface area contributed by atoms with E-state index in [4.69, 9.17) is 4.42 Å². The molecule has 0 bridgehead atoms. The summed E-state index contributed by atoms with van der Waals surface area (Å²) in [4.78, 5) is 29.4. The van der Waals surface area contributed by atoms with Crippen molar-refractivity contribution < 1.29 is 17.6 Å². The highest BCUT2D eigenvalue weighted by Crippen LogP contribution is 2.19. The zero-order valence-electron chi connectivity index (χ0n) is 19.4. The van der Waals surface area contributed by atoms with Crippen molar-refractivity contribution in [2.45, 2.75) is 44.3 Å². The number of fused-ring (bicyclic) bond motifs is 1. The standard InChI is InChI=1S/C24H30N4O5S/c1-3-18(2)26-11-13-27(14-12-26)23(29)17-28-21-10-9-20(15-22(21)33-24(28)30)34(31,32)25-16-19-7-5-4-6-8-19/h4-10,15,18,25H,3,11-14,16-17H2,1-2H3. The summed E-state index contributed by atoms with van der Waals surface area (Å²) in [5, 5.41) is 0. The van der Waals surface area contributed by atoms with Gasteiger partial charge in [0.05, 0.1) is 10.4 Å². The van der Waals surface area contributed by atoms with Gasteiger partial charge in [-0.1, -0.05) is 37.3 Å². The summed E-state index contributed by atoms with van der Waals surface area (Å²) in [5.41, 5.74) is 1.34. The Morgan fingerprint density at radius 1 is 1.09 bits per heavy atom. The summed E-state index contributed by atoms with van der Waals surface area (Å²) < 4.78 is 34.5. The van der Waals surface area contributed by atoms with Crippen LogP contribution in [0, 0.1) is 0 Å². The molecule has 1 aromatic heterocycles. The van der Waals surface area contributed by atoms with Crippen molar-refractivity contribution in [3.05, 3.63) is 64.6 Å². The van der Waals surface area contributed by atoms with Crippen LogP contribution in [-0.2, 0) is 27.9 Å². The van der Waals surface area contributed by atoms with Gasteiger partial charge in [0, 0.05) is 44.8 Å². The van der Waals surface area contributed by atoms with Crippen molar-refractivity contribution in [3.63, 3.8) is 0 Å². The first-order valence-corrected chi connectivity index (χ1v) is 13.0. The maximum Gasteiger partial charge on any atom is 0.420 e. The summed E-state index contributed by atoms with van der Waals surface area (Å²) in [6, 6.07) is 13.9. The zero-order valence-corrected chi connectivity index (χ0v) is 20.3. The smallest absolute Gasteiger partial charge is 0.408 e. The first-order valence-electron chi connectivity index (χ1n) is 11.5. The lowest BCUT2D eigenvalue weighted by molar-refractivity contribution is -0.133. The fourth-order valence-corrected chi connectivity index (χ4v) is 5.16. The molecule has 0 spiro atoms. The van der Waals surface area contributed by atoms with Crippen LogP contribution in [0.3, 0.4) is 0 Å². The van der Waals surface area contributed by atoms with Crippen LogP contribution in [0.25, 0.3) is 11.1 Å². The minimum Gasteiger partial charge on any atom is -0.408 e. The van der Waals surface area contributed by atoms with Gasteiger partial charge in [-0.05, 0) is 31.0 Å². The van der Waals surface area contributed by atoms with Gasteiger partial charge in [0.2, 0.25) is 15.9 Å². The van der Waals surface area contributed by atoms with Gasteiger partial charge in [-0.25, -0.2) is 17.9 Å². The van der Waals surface area contributed by atoms with E-state index in [9.17, 15) is 18.0 Å². The van der Waals surface area contributed by atoms with Crippen LogP contribution in [0.5, 0.6) is 0 Å². The van der Waals surface area contributed by atoms with Crippen LogP contribution in [0.2, 0.25) is 0 Å². The maximum absolute atomic E-state index is 12.9. The van der Waals surface area contributed by atoms with Gasteiger partial charge < -0.3 is 9.32 Å². The number of nitrogens with zero attached hydrogens (tertiary/aromatic N) is 3. The maximum atomic E-state index is 12.9. The highest BCUT2D eigenvalue weighted by Gasteiger charge is 2.25. The Morgan fingerprint density at radius 2 is 1.79 bits per heavy atom. The molecule has 0 radical (unpaired) electrons. The molecule has 1 aliphatic rings. The highest BCUT2D eigenvalue weighted by atomic mass is 32.2. The quantitative estimate of drug-likeness (QED) is 0.522. The molecule has 4 rings (SSSR count). The van der Waals surface area contributed by atoms with Crippen molar-refractivity contribution in [3.8, 4) is 0 Å². The molecule has 1 saturated heterocycles. The average molecular weight is 487 g/mol. The number of piperazine rings is 1. The van der Waals surface area contributed by atoms with Gasteiger partial charge in [0.1, 0.15) is 6.54 Å². The van der Waals surface area contributed by atoms with Crippen molar-refractivity contribution >= 4 is 27.0 Å². The molecule has 182 valence electrons. The van der Waals surface area contributed by atoms with Crippen molar-refractivity contribution in [1.82, 2.24) is 19.1 Å². The highest BCUT2D eigenvalue weighted by molar-refractivity contribution is 7.89. The molecule has 10 heteroatoms. The number of oxazole rings is 1. The predicted molar refractivity (Wildman–Crippen MR) is 129 cm³/mol. The topological polar surface area (TPSA) is 105 Å². The van der Waals surface area contributed by atoms with Gasteiger partial charge in [0.15, 0.2) is 5.58 Å². The first-order chi connectivity index (χ1) is 16.3. The Kier molecular flexibility index (Phi) is 7.20. The van der Waals surface area contributed by atoms with E-state index in [-0.39, 0.29) is 29.5 Å². The van der Waals surface area contributed by atoms with E-state index in [1.165, 1.54) is 22.8 Å². The predicted octanol–water partition coefficient (Wildman–Crippen LogP) is 2.02. The van der Waals surface area contributed by atoms with Crippen molar-refractivity contribution in [1.29, 1.82) is 0 Å². The molecule has 0 saturated carbocycles. The largest absolute Gasteiger partial charge is 0.420 e. The number of nitrogens with one attached hydrogen (secondary N) is 1. The van der Waals surface area contributed by atoms with E-state index < -0.39 is 15.8 Å². The van der Waals surface area contributed by atoms with E-state index >= 15 is 0 Å². The Bertz CT molecular complexity index is 1310. The van der Waals surface area contributed by atoms with Gasteiger partial charge in [-0.3, -0.25) is 14.3 Å². The summed E-state index contributed by atoms with van der Waals surface area (Å²) in [6.07, 6.45) is 1.06.